The zero-order valence-corrected chi connectivity index (χ0v) is 9.80. The topological polar surface area (TPSA) is 49.6 Å². The summed E-state index contributed by atoms with van der Waals surface area (Å²) in [7, 11) is 0. The molecule has 84 valence electrons. The summed E-state index contributed by atoms with van der Waals surface area (Å²) in [6.45, 7) is 0. The Bertz CT molecular complexity index is 623. The predicted molar refractivity (Wildman–Crippen MR) is 62.2 cm³/mol. The van der Waals surface area contributed by atoms with Crippen LogP contribution in [0.2, 0.25) is 10.3 Å². The van der Waals surface area contributed by atoms with Crippen molar-refractivity contribution in [2.45, 2.75) is 0 Å². The lowest BCUT2D eigenvalue weighted by Gasteiger charge is -2.04. The normalized spacial score (nSPS) is 10.0. The van der Waals surface area contributed by atoms with E-state index in [9.17, 15) is 4.39 Å². The molecule has 0 aliphatic carbocycles. The van der Waals surface area contributed by atoms with Crippen LogP contribution in [0.5, 0.6) is 0 Å². The Hall–Kier alpha value is -1.70. The molecule has 1 aromatic heterocycles. The van der Waals surface area contributed by atoms with Crippen molar-refractivity contribution in [1.82, 2.24) is 10.2 Å². The van der Waals surface area contributed by atoms with Crippen molar-refractivity contribution >= 4 is 23.2 Å². The van der Waals surface area contributed by atoms with Gasteiger partial charge in [0.15, 0.2) is 10.3 Å². The van der Waals surface area contributed by atoms with E-state index < -0.39 is 5.82 Å². The van der Waals surface area contributed by atoms with Crippen molar-refractivity contribution in [3.63, 3.8) is 0 Å². The second-order valence-electron chi connectivity index (χ2n) is 3.21. The molecule has 0 saturated heterocycles. The average Bonchev–Trinajstić information content (AvgIpc) is 2.31. The Morgan fingerprint density at radius 1 is 1.12 bits per heavy atom. The minimum atomic E-state index is -0.525. The fourth-order valence-corrected chi connectivity index (χ4v) is 1.71. The van der Waals surface area contributed by atoms with Crippen molar-refractivity contribution < 1.29 is 4.39 Å². The molecule has 2 aromatic rings. The van der Waals surface area contributed by atoms with E-state index in [2.05, 4.69) is 10.2 Å². The molecule has 2 rings (SSSR count). The maximum absolute atomic E-state index is 13.3. The Kier molecular flexibility index (Phi) is 3.23. The number of halogens is 3. The Morgan fingerprint density at radius 3 is 2.59 bits per heavy atom. The van der Waals surface area contributed by atoms with Crippen LogP contribution in [0.15, 0.2) is 24.3 Å². The van der Waals surface area contributed by atoms with E-state index in [1.54, 1.807) is 0 Å². The van der Waals surface area contributed by atoms with Gasteiger partial charge in [0, 0.05) is 5.56 Å². The van der Waals surface area contributed by atoms with E-state index in [0.29, 0.717) is 11.1 Å². The standard InChI is InChI=1S/C11H4Cl2FN3/c12-10-4-9(11(13)17-16-10)7-1-6(5-15)2-8(14)3-7/h1-4H. The first kappa shape index (κ1) is 11.8. The second kappa shape index (κ2) is 4.66. The highest BCUT2D eigenvalue weighted by Gasteiger charge is 2.09. The van der Waals surface area contributed by atoms with Gasteiger partial charge in [0.1, 0.15) is 5.82 Å². The first-order valence-corrected chi connectivity index (χ1v) is 5.25. The lowest BCUT2D eigenvalue weighted by molar-refractivity contribution is 0.628. The predicted octanol–water partition coefficient (Wildman–Crippen LogP) is 3.46. The van der Waals surface area contributed by atoms with Gasteiger partial charge >= 0.3 is 0 Å². The largest absolute Gasteiger partial charge is 0.207 e. The summed E-state index contributed by atoms with van der Waals surface area (Å²) in [5.41, 5.74) is 1.06. The van der Waals surface area contributed by atoms with Crippen LogP contribution in [-0.2, 0) is 0 Å². The van der Waals surface area contributed by atoms with E-state index in [1.807, 2.05) is 6.07 Å². The number of benzene rings is 1. The van der Waals surface area contributed by atoms with Gasteiger partial charge in [-0.1, -0.05) is 23.2 Å². The molecular formula is C11H4Cl2FN3. The number of nitriles is 1. The summed E-state index contributed by atoms with van der Waals surface area (Å²) in [5.74, 6) is -0.525. The van der Waals surface area contributed by atoms with Crippen LogP contribution in [0, 0.1) is 17.1 Å². The van der Waals surface area contributed by atoms with Gasteiger partial charge in [-0.25, -0.2) is 4.39 Å². The highest BCUT2D eigenvalue weighted by atomic mass is 35.5. The summed E-state index contributed by atoms with van der Waals surface area (Å²) in [4.78, 5) is 0. The van der Waals surface area contributed by atoms with Crippen LogP contribution in [0.4, 0.5) is 4.39 Å². The number of hydrogen-bond acceptors (Lipinski definition) is 3. The van der Waals surface area contributed by atoms with Crippen LogP contribution in [0.1, 0.15) is 5.56 Å². The molecule has 0 aliphatic heterocycles. The van der Waals surface area contributed by atoms with Gasteiger partial charge in [0.2, 0.25) is 0 Å². The summed E-state index contributed by atoms with van der Waals surface area (Å²) in [6.07, 6.45) is 0. The Balaban J connectivity index is 2.64. The average molecular weight is 268 g/mol. The van der Waals surface area contributed by atoms with Crippen molar-refractivity contribution in [2.75, 3.05) is 0 Å². The van der Waals surface area contributed by atoms with Gasteiger partial charge in [-0.3, -0.25) is 0 Å². The molecular weight excluding hydrogens is 264 g/mol. The monoisotopic (exact) mass is 267 g/mol. The van der Waals surface area contributed by atoms with Crippen molar-refractivity contribution in [1.29, 1.82) is 5.26 Å². The van der Waals surface area contributed by atoms with Crippen molar-refractivity contribution in [3.8, 4) is 17.2 Å². The van der Waals surface area contributed by atoms with Crippen LogP contribution in [0.3, 0.4) is 0 Å². The highest BCUT2D eigenvalue weighted by molar-refractivity contribution is 6.33. The van der Waals surface area contributed by atoms with Gasteiger partial charge in [-0.2, -0.15) is 5.26 Å². The molecule has 17 heavy (non-hydrogen) atoms. The molecule has 0 unspecified atom stereocenters. The smallest absolute Gasteiger partial charge is 0.159 e. The van der Waals surface area contributed by atoms with E-state index in [0.717, 1.165) is 6.07 Å². The van der Waals surface area contributed by atoms with Crippen molar-refractivity contribution in [2.24, 2.45) is 0 Å². The fraction of sp³-hybridized carbons (Fsp3) is 0. The van der Waals surface area contributed by atoms with Gasteiger partial charge in [-0.15, -0.1) is 10.2 Å². The zero-order chi connectivity index (χ0) is 12.4. The van der Waals surface area contributed by atoms with Crippen LogP contribution in [0.25, 0.3) is 11.1 Å². The van der Waals surface area contributed by atoms with Gasteiger partial charge in [0.25, 0.3) is 0 Å². The SMILES string of the molecule is N#Cc1cc(F)cc(-c2cc(Cl)nnc2Cl)c1. The van der Waals surface area contributed by atoms with Gasteiger partial charge in [0.05, 0.1) is 11.6 Å². The van der Waals surface area contributed by atoms with Crippen LogP contribution < -0.4 is 0 Å². The maximum atomic E-state index is 13.3. The van der Waals surface area contributed by atoms with Crippen LogP contribution in [-0.4, -0.2) is 10.2 Å². The van der Waals surface area contributed by atoms with E-state index in [-0.39, 0.29) is 15.9 Å². The van der Waals surface area contributed by atoms with E-state index >= 15 is 0 Å². The number of nitrogens with zero attached hydrogens (tertiary/aromatic N) is 3. The molecule has 1 heterocycles. The molecule has 6 heteroatoms. The molecule has 0 spiro atoms. The summed E-state index contributed by atoms with van der Waals surface area (Å²) in [6, 6.07) is 7.21. The Labute approximate surface area is 106 Å². The van der Waals surface area contributed by atoms with Crippen molar-refractivity contribution in [3.05, 3.63) is 46.0 Å². The Morgan fingerprint density at radius 2 is 1.88 bits per heavy atom. The minimum Gasteiger partial charge on any atom is -0.207 e. The first-order valence-electron chi connectivity index (χ1n) is 4.50. The molecule has 3 nitrogen and oxygen atoms in total. The minimum absolute atomic E-state index is 0.101. The third-order valence-electron chi connectivity index (χ3n) is 2.06. The second-order valence-corrected chi connectivity index (χ2v) is 3.96. The third-order valence-corrected chi connectivity index (χ3v) is 2.52. The maximum Gasteiger partial charge on any atom is 0.159 e. The van der Waals surface area contributed by atoms with E-state index in [1.165, 1.54) is 18.2 Å². The lowest BCUT2D eigenvalue weighted by atomic mass is 10.1. The molecule has 1 aromatic carbocycles. The number of rotatable bonds is 1. The van der Waals surface area contributed by atoms with Crippen LogP contribution >= 0.6 is 23.2 Å². The molecule has 0 saturated carbocycles. The summed E-state index contributed by atoms with van der Waals surface area (Å²) >= 11 is 11.5. The van der Waals surface area contributed by atoms with Gasteiger partial charge < -0.3 is 0 Å². The quantitative estimate of drug-likeness (QED) is 0.795. The highest BCUT2D eigenvalue weighted by Crippen LogP contribution is 2.28. The number of aromatic nitrogens is 2. The van der Waals surface area contributed by atoms with Gasteiger partial charge in [-0.05, 0) is 29.8 Å². The zero-order valence-electron chi connectivity index (χ0n) is 8.28. The lowest BCUT2D eigenvalue weighted by Crippen LogP contribution is -1.90. The molecule has 0 bridgehead atoms. The fourth-order valence-electron chi connectivity index (χ4n) is 1.37. The summed E-state index contributed by atoms with van der Waals surface area (Å²) < 4.78 is 13.3. The summed E-state index contributed by atoms with van der Waals surface area (Å²) in [5, 5.41) is 16.2. The first-order chi connectivity index (χ1) is 8.10. The molecule has 0 amide bonds. The molecule has 0 atom stereocenters. The molecule has 0 N–H and O–H groups in total. The van der Waals surface area contributed by atoms with E-state index in [4.69, 9.17) is 28.5 Å². The molecule has 0 aliphatic rings. The molecule has 0 radical (unpaired) electrons. The number of hydrogen-bond donors (Lipinski definition) is 0. The molecule has 0 fully saturated rings. The third kappa shape index (κ3) is 2.52.